The monoisotopic (exact) mass is 272 g/mol. The van der Waals surface area contributed by atoms with E-state index in [1.807, 2.05) is 18.2 Å². The van der Waals surface area contributed by atoms with Gasteiger partial charge >= 0.3 is 0 Å². The average Bonchev–Trinajstić information content (AvgIpc) is 3.03. The van der Waals surface area contributed by atoms with Crippen molar-refractivity contribution in [2.75, 3.05) is 24.1 Å². The van der Waals surface area contributed by atoms with Gasteiger partial charge in [0.15, 0.2) is 5.58 Å². The SMILES string of the molecule is Nc1ccc2oc(NC3CCN4CCCC4C3)nc2c1. The zero-order valence-corrected chi connectivity index (χ0v) is 11.5. The number of fused-ring (bicyclic) bond motifs is 2. The Morgan fingerprint density at radius 2 is 2.25 bits per heavy atom. The van der Waals surface area contributed by atoms with Crippen LogP contribution in [0.15, 0.2) is 22.6 Å². The van der Waals surface area contributed by atoms with Crippen molar-refractivity contribution in [2.24, 2.45) is 0 Å². The zero-order chi connectivity index (χ0) is 13.5. The normalized spacial score (nSPS) is 26.8. The molecule has 5 heteroatoms. The maximum atomic E-state index is 5.77. The minimum Gasteiger partial charge on any atom is -0.424 e. The van der Waals surface area contributed by atoms with Crippen molar-refractivity contribution < 1.29 is 4.42 Å². The summed E-state index contributed by atoms with van der Waals surface area (Å²) in [4.78, 5) is 7.10. The van der Waals surface area contributed by atoms with Crippen LogP contribution in [0.1, 0.15) is 25.7 Å². The van der Waals surface area contributed by atoms with Gasteiger partial charge in [0.25, 0.3) is 6.01 Å². The first-order valence-electron chi connectivity index (χ1n) is 7.44. The molecule has 0 spiro atoms. The minimum atomic E-state index is 0.472. The number of benzene rings is 1. The molecular weight excluding hydrogens is 252 g/mol. The molecule has 4 rings (SSSR count). The molecule has 0 saturated carbocycles. The van der Waals surface area contributed by atoms with Crippen LogP contribution in [0.5, 0.6) is 0 Å². The maximum absolute atomic E-state index is 5.77. The molecule has 1 aromatic heterocycles. The Morgan fingerprint density at radius 1 is 1.30 bits per heavy atom. The van der Waals surface area contributed by atoms with Gasteiger partial charge in [0, 0.05) is 24.3 Å². The molecule has 2 unspecified atom stereocenters. The van der Waals surface area contributed by atoms with Crippen LogP contribution >= 0.6 is 0 Å². The quantitative estimate of drug-likeness (QED) is 0.822. The fourth-order valence-corrected chi connectivity index (χ4v) is 3.54. The lowest BCUT2D eigenvalue weighted by molar-refractivity contribution is 0.187. The Morgan fingerprint density at radius 3 is 3.20 bits per heavy atom. The summed E-state index contributed by atoms with van der Waals surface area (Å²) < 4.78 is 5.75. The first-order chi connectivity index (χ1) is 9.78. The van der Waals surface area contributed by atoms with Crippen LogP contribution in [0, 0.1) is 0 Å². The molecule has 3 heterocycles. The van der Waals surface area contributed by atoms with Crippen molar-refractivity contribution in [3.8, 4) is 0 Å². The van der Waals surface area contributed by atoms with Gasteiger partial charge in [-0.05, 0) is 50.4 Å². The molecule has 0 bridgehead atoms. The minimum absolute atomic E-state index is 0.472. The Labute approximate surface area is 118 Å². The van der Waals surface area contributed by atoms with E-state index >= 15 is 0 Å². The summed E-state index contributed by atoms with van der Waals surface area (Å²) in [6.45, 7) is 2.47. The van der Waals surface area contributed by atoms with Gasteiger partial charge in [0.05, 0.1) is 0 Å². The summed E-state index contributed by atoms with van der Waals surface area (Å²) >= 11 is 0. The lowest BCUT2D eigenvalue weighted by Gasteiger charge is -2.34. The van der Waals surface area contributed by atoms with Crippen LogP contribution in [0.2, 0.25) is 0 Å². The van der Waals surface area contributed by atoms with Gasteiger partial charge in [-0.15, -0.1) is 0 Å². The van der Waals surface area contributed by atoms with Gasteiger partial charge in [-0.3, -0.25) is 0 Å². The second-order valence-corrected chi connectivity index (χ2v) is 5.94. The number of anilines is 2. The first-order valence-corrected chi connectivity index (χ1v) is 7.44. The van der Waals surface area contributed by atoms with E-state index in [2.05, 4.69) is 15.2 Å². The molecule has 2 aliphatic rings. The van der Waals surface area contributed by atoms with E-state index < -0.39 is 0 Å². The highest BCUT2D eigenvalue weighted by molar-refractivity contribution is 5.78. The van der Waals surface area contributed by atoms with Crippen molar-refractivity contribution in [1.29, 1.82) is 0 Å². The Bertz CT molecular complexity index is 623. The highest BCUT2D eigenvalue weighted by Gasteiger charge is 2.32. The number of nitrogens with zero attached hydrogens (tertiary/aromatic N) is 2. The molecule has 1 aromatic carbocycles. The molecule has 0 aliphatic carbocycles. The van der Waals surface area contributed by atoms with Gasteiger partial charge in [0.1, 0.15) is 5.52 Å². The highest BCUT2D eigenvalue weighted by Crippen LogP contribution is 2.29. The number of nitrogens with one attached hydrogen (secondary N) is 1. The van der Waals surface area contributed by atoms with Gasteiger partial charge < -0.3 is 20.4 Å². The maximum Gasteiger partial charge on any atom is 0.295 e. The molecule has 0 radical (unpaired) electrons. The average molecular weight is 272 g/mol. The summed E-state index contributed by atoms with van der Waals surface area (Å²) in [5, 5.41) is 3.46. The zero-order valence-electron chi connectivity index (χ0n) is 11.5. The van der Waals surface area contributed by atoms with Crippen molar-refractivity contribution in [3.63, 3.8) is 0 Å². The third-order valence-corrected chi connectivity index (χ3v) is 4.56. The Kier molecular flexibility index (Phi) is 2.80. The summed E-state index contributed by atoms with van der Waals surface area (Å²) in [6, 6.07) is 7.42. The molecule has 3 N–H and O–H groups in total. The summed E-state index contributed by atoms with van der Waals surface area (Å²) in [5.41, 5.74) is 8.10. The second-order valence-electron chi connectivity index (χ2n) is 5.94. The number of hydrogen-bond donors (Lipinski definition) is 2. The van der Waals surface area contributed by atoms with Crippen molar-refractivity contribution >= 4 is 22.8 Å². The molecule has 0 amide bonds. The predicted molar refractivity (Wildman–Crippen MR) is 79.7 cm³/mol. The molecule has 20 heavy (non-hydrogen) atoms. The Hall–Kier alpha value is -1.75. The van der Waals surface area contributed by atoms with E-state index in [9.17, 15) is 0 Å². The molecule has 2 fully saturated rings. The number of oxazole rings is 1. The third-order valence-electron chi connectivity index (χ3n) is 4.56. The molecular formula is C15H20N4O. The third kappa shape index (κ3) is 2.12. The number of nitrogen functional groups attached to an aromatic ring is 1. The van der Waals surface area contributed by atoms with Gasteiger partial charge in [-0.25, -0.2) is 0 Å². The van der Waals surface area contributed by atoms with E-state index in [0.717, 1.165) is 29.2 Å². The van der Waals surface area contributed by atoms with Crippen LogP contribution in [0.25, 0.3) is 11.1 Å². The van der Waals surface area contributed by atoms with E-state index in [-0.39, 0.29) is 0 Å². The predicted octanol–water partition coefficient (Wildman–Crippen LogP) is 2.45. The molecule has 2 aromatic rings. The standard InChI is InChI=1S/C15H20N4O/c16-10-3-4-14-13(8-10)18-15(20-14)17-11-5-7-19-6-1-2-12(19)9-11/h3-4,8,11-12H,1-2,5-7,9,16H2,(H,17,18). The topological polar surface area (TPSA) is 67.3 Å². The number of piperidine rings is 1. The summed E-state index contributed by atoms with van der Waals surface area (Å²) in [5.74, 6) is 0. The lowest BCUT2D eigenvalue weighted by Crippen LogP contribution is -2.42. The second kappa shape index (κ2) is 4.66. The van der Waals surface area contributed by atoms with E-state index in [0.29, 0.717) is 12.1 Å². The largest absolute Gasteiger partial charge is 0.424 e. The van der Waals surface area contributed by atoms with Crippen LogP contribution in [-0.4, -0.2) is 35.1 Å². The number of nitrogens with two attached hydrogens (primary N) is 1. The molecule has 106 valence electrons. The van der Waals surface area contributed by atoms with Gasteiger partial charge in [-0.1, -0.05) is 0 Å². The van der Waals surface area contributed by atoms with Crippen LogP contribution in [-0.2, 0) is 0 Å². The van der Waals surface area contributed by atoms with Crippen molar-refractivity contribution in [2.45, 2.75) is 37.8 Å². The first kappa shape index (κ1) is 12.0. The van der Waals surface area contributed by atoms with E-state index in [4.69, 9.17) is 10.2 Å². The number of hydrogen-bond acceptors (Lipinski definition) is 5. The van der Waals surface area contributed by atoms with Crippen molar-refractivity contribution in [3.05, 3.63) is 18.2 Å². The highest BCUT2D eigenvalue weighted by atomic mass is 16.4. The molecule has 5 nitrogen and oxygen atoms in total. The van der Waals surface area contributed by atoms with Gasteiger partial charge in [0.2, 0.25) is 0 Å². The number of rotatable bonds is 2. The smallest absolute Gasteiger partial charge is 0.295 e. The fraction of sp³-hybridized carbons (Fsp3) is 0.533. The van der Waals surface area contributed by atoms with Crippen LogP contribution in [0.4, 0.5) is 11.7 Å². The van der Waals surface area contributed by atoms with Crippen LogP contribution < -0.4 is 11.1 Å². The Balaban J connectivity index is 1.49. The van der Waals surface area contributed by atoms with E-state index in [1.54, 1.807) is 0 Å². The molecule has 2 aliphatic heterocycles. The number of aromatic nitrogens is 1. The van der Waals surface area contributed by atoms with Crippen LogP contribution in [0.3, 0.4) is 0 Å². The van der Waals surface area contributed by atoms with E-state index in [1.165, 1.54) is 32.4 Å². The lowest BCUT2D eigenvalue weighted by atomic mass is 9.98. The summed E-state index contributed by atoms with van der Waals surface area (Å²) in [7, 11) is 0. The van der Waals surface area contributed by atoms with Gasteiger partial charge in [-0.2, -0.15) is 4.98 Å². The fourth-order valence-electron chi connectivity index (χ4n) is 3.54. The van der Waals surface area contributed by atoms with Crippen molar-refractivity contribution in [1.82, 2.24) is 9.88 Å². The molecule has 2 saturated heterocycles. The summed E-state index contributed by atoms with van der Waals surface area (Å²) in [6.07, 6.45) is 5.04. The molecule has 2 atom stereocenters.